The number of carbonyl (C=O) groups is 2. The number of hydrogen-bond acceptors (Lipinski definition) is 6. The summed E-state index contributed by atoms with van der Waals surface area (Å²) in [6, 6.07) is 22.7. The molecule has 0 heterocycles. The van der Waals surface area contributed by atoms with Crippen molar-refractivity contribution >= 4 is 29.4 Å². The highest BCUT2D eigenvalue weighted by Crippen LogP contribution is 2.33. The molecule has 0 radical (unpaired) electrons. The van der Waals surface area contributed by atoms with E-state index in [1.54, 1.807) is 18.2 Å². The lowest BCUT2D eigenvalue weighted by atomic mass is 9.99. The maximum atomic E-state index is 12.7. The number of aryl methyl sites for hydroxylation is 1. The standard InChI is InChI=1S/C32H36O5S/c1-4-6-7-9-12-24-15-17-25(18-16-24)28-20-19-27(30(33)37-32(34)35-22-23(3)5-2)21-29(28)36-31(38)26-13-10-8-11-14-26/h8,10-11,13-21,23H,4-7,9,12,22H2,1-3H3/t23-/m0/s1. The molecule has 3 aromatic rings. The first-order valence-corrected chi connectivity index (χ1v) is 13.7. The Morgan fingerprint density at radius 3 is 2.29 bits per heavy atom. The zero-order chi connectivity index (χ0) is 27.3. The van der Waals surface area contributed by atoms with Gasteiger partial charge in [0.2, 0.25) is 0 Å². The van der Waals surface area contributed by atoms with Crippen LogP contribution in [0.5, 0.6) is 5.75 Å². The van der Waals surface area contributed by atoms with Crippen LogP contribution >= 0.6 is 12.2 Å². The van der Waals surface area contributed by atoms with Crippen LogP contribution in [0.25, 0.3) is 11.1 Å². The first kappa shape index (κ1) is 29.1. The van der Waals surface area contributed by atoms with Gasteiger partial charge in [0.1, 0.15) is 5.75 Å². The first-order chi connectivity index (χ1) is 18.4. The average Bonchev–Trinajstić information content (AvgIpc) is 2.94. The van der Waals surface area contributed by atoms with E-state index >= 15 is 0 Å². The fourth-order valence-corrected chi connectivity index (χ4v) is 4.03. The number of benzene rings is 3. The molecule has 6 heteroatoms. The molecule has 38 heavy (non-hydrogen) atoms. The quantitative estimate of drug-likeness (QED) is 0.101. The van der Waals surface area contributed by atoms with Crippen LogP contribution in [0.15, 0.2) is 72.8 Å². The van der Waals surface area contributed by atoms with Crippen molar-refractivity contribution in [2.24, 2.45) is 5.92 Å². The largest absolute Gasteiger partial charge is 0.516 e. The van der Waals surface area contributed by atoms with Gasteiger partial charge in [0.25, 0.3) is 0 Å². The summed E-state index contributed by atoms with van der Waals surface area (Å²) in [5.74, 6) is -0.237. The Kier molecular flexibility index (Phi) is 11.5. The third-order valence-corrected chi connectivity index (χ3v) is 6.69. The summed E-state index contributed by atoms with van der Waals surface area (Å²) in [4.78, 5) is 24.7. The van der Waals surface area contributed by atoms with Crippen molar-refractivity contribution in [3.8, 4) is 16.9 Å². The molecule has 0 unspecified atom stereocenters. The summed E-state index contributed by atoms with van der Waals surface area (Å²) in [6.07, 6.45) is 5.75. The zero-order valence-electron chi connectivity index (χ0n) is 22.4. The molecule has 5 nitrogen and oxygen atoms in total. The van der Waals surface area contributed by atoms with Gasteiger partial charge in [-0.1, -0.05) is 101 Å². The molecule has 0 aliphatic rings. The van der Waals surface area contributed by atoms with Gasteiger partial charge in [0, 0.05) is 11.1 Å². The SMILES string of the molecule is CCCCCCc1ccc(-c2ccc(C(=O)OC(=O)OC[C@@H](C)CC)cc2OC(=S)c2ccccc2)cc1. The second-order valence-electron chi connectivity index (χ2n) is 9.44. The van der Waals surface area contributed by atoms with Gasteiger partial charge >= 0.3 is 12.1 Å². The molecule has 1 atom stereocenters. The van der Waals surface area contributed by atoms with E-state index in [1.807, 2.05) is 56.3 Å². The highest BCUT2D eigenvalue weighted by molar-refractivity contribution is 7.80. The fourth-order valence-electron chi connectivity index (χ4n) is 3.80. The summed E-state index contributed by atoms with van der Waals surface area (Å²) in [6.45, 7) is 6.35. The van der Waals surface area contributed by atoms with E-state index in [9.17, 15) is 9.59 Å². The molecule has 0 aliphatic carbocycles. The van der Waals surface area contributed by atoms with Crippen molar-refractivity contribution in [3.63, 3.8) is 0 Å². The monoisotopic (exact) mass is 532 g/mol. The van der Waals surface area contributed by atoms with E-state index in [-0.39, 0.29) is 23.1 Å². The number of carbonyl (C=O) groups excluding carboxylic acids is 2. The molecule has 0 bridgehead atoms. The predicted molar refractivity (Wildman–Crippen MR) is 155 cm³/mol. The lowest BCUT2D eigenvalue weighted by molar-refractivity contribution is 0.0341. The number of rotatable bonds is 12. The lowest BCUT2D eigenvalue weighted by Crippen LogP contribution is -2.17. The highest BCUT2D eigenvalue weighted by atomic mass is 32.1. The van der Waals surface area contributed by atoms with E-state index in [4.69, 9.17) is 26.4 Å². The molecule has 3 rings (SSSR count). The van der Waals surface area contributed by atoms with Gasteiger partial charge in [-0.3, -0.25) is 0 Å². The zero-order valence-corrected chi connectivity index (χ0v) is 23.2. The Morgan fingerprint density at radius 1 is 0.868 bits per heavy atom. The third kappa shape index (κ3) is 8.80. The predicted octanol–water partition coefficient (Wildman–Crippen LogP) is 8.57. The van der Waals surface area contributed by atoms with Gasteiger partial charge in [-0.15, -0.1) is 0 Å². The maximum absolute atomic E-state index is 12.7. The van der Waals surface area contributed by atoms with Gasteiger partial charge in [-0.2, -0.15) is 0 Å². The highest BCUT2D eigenvalue weighted by Gasteiger charge is 2.19. The van der Waals surface area contributed by atoms with Crippen molar-refractivity contribution in [2.75, 3.05) is 6.61 Å². The minimum atomic E-state index is -1.02. The van der Waals surface area contributed by atoms with Gasteiger partial charge in [0.15, 0.2) is 5.05 Å². The lowest BCUT2D eigenvalue weighted by Gasteiger charge is -2.14. The molecule has 0 aliphatic heterocycles. The van der Waals surface area contributed by atoms with Crippen LogP contribution in [0.1, 0.15) is 74.4 Å². The number of ether oxygens (including phenoxy) is 3. The second-order valence-corrected chi connectivity index (χ2v) is 9.81. The van der Waals surface area contributed by atoms with Crippen molar-refractivity contribution in [1.82, 2.24) is 0 Å². The minimum absolute atomic E-state index is 0.160. The van der Waals surface area contributed by atoms with Crippen LogP contribution in [0, 0.1) is 5.92 Å². The molecule has 200 valence electrons. The Balaban J connectivity index is 1.82. The summed E-state index contributed by atoms with van der Waals surface area (Å²) in [7, 11) is 0. The van der Waals surface area contributed by atoms with Gasteiger partial charge in [-0.25, -0.2) is 9.59 Å². The van der Waals surface area contributed by atoms with E-state index < -0.39 is 12.1 Å². The minimum Gasteiger partial charge on any atom is -0.445 e. The second kappa shape index (κ2) is 15.0. The van der Waals surface area contributed by atoms with Gasteiger partial charge in [0.05, 0.1) is 12.2 Å². The van der Waals surface area contributed by atoms with E-state index in [0.29, 0.717) is 5.75 Å². The Bertz CT molecular complexity index is 1200. The van der Waals surface area contributed by atoms with Crippen molar-refractivity contribution in [1.29, 1.82) is 0 Å². The molecular formula is C32H36O5S. The molecule has 0 saturated heterocycles. The van der Waals surface area contributed by atoms with E-state index in [2.05, 4.69) is 19.1 Å². The maximum Gasteiger partial charge on any atom is 0.516 e. The van der Waals surface area contributed by atoms with Crippen LogP contribution in [0.3, 0.4) is 0 Å². The molecule has 0 fully saturated rings. The number of unbranched alkanes of at least 4 members (excludes halogenated alkanes) is 3. The number of hydrogen-bond donors (Lipinski definition) is 0. The molecular weight excluding hydrogens is 496 g/mol. The molecule has 0 N–H and O–H groups in total. The first-order valence-electron chi connectivity index (χ1n) is 13.3. The number of esters is 1. The van der Waals surface area contributed by atoms with E-state index in [1.165, 1.54) is 31.2 Å². The van der Waals surface area contributed by atoms with Crippen LogP contribution in [0.2, 0.25) is 0 Å². The molecule has 0 spiro atoms. The Morgan fingerprint density at radius 2 is 1.61 bits per heavy atom. The topological polar surface area (TPSA) is 61.8 Å². The van der Waals surface area contributed by atoms with Crippen LogP contribution in [-0.2, 0) is 15.9 Å². The van der Waals surface area contributed by atoms with Crippen LogP contribution < -0.4 is 4.74 Å². The van der Waals surface area contributed by atoms with Gasteiger partial charge < -0.3 is 14.2 Å². The van der Waals surface area contributed by atoms with Crippen LogP contribution in [-0.4, -0.2) is 23.8 Å². The summed E-state index contributed by atoms with van der Waals surface area (Å²) in [5, 5.41) is 0.276. The molecule has 0 aromatic heterocycles. The van der Waals surface area contributed by atoms with Crippen molar-refractivity contribution in [2.45, 2.75) is 59.3 Å². The summed E-state index contributed by atoms with van der Waals surface area (Å²) < 4.78 is 16.1. The molecule has 0 amide bonds. The normalized spacial score (nSPS) is 11.4. The third-order valence-electron chi connectivity index (χ3n) is 6.37. The van der Waals surface area contributed by atoms with E-state index in [0.717, 1.165) is 29.5 Å². The Hall–Kier alpha value is -3.51. The van der Waals surface area contributed by atoms with Gasteiger partial charge in [-0.05, 0) is 60.3 Å². The van der Waals surface area contributed by atoms with Crippen molar-refractivity contribution < 1.29 is 23.8 Å². The summed E-state index contributed by atoms with van der Waals surface area (Å²) in [5.41, 5.74) is 3.89. The van der Waals surface area contributed by atoms with Crippen molar-refractivity contribution in [3.05, 3.63) is 89.5 Å². The number of thiocarbonyl (C=S) groups is 1. The Labute approximate surface area is 231 Å². The van der Waals surface area contributed by atoms with Crippen LogP contribution in [0.4, 0.5) is 4.79 Å². The molecule has 0 saturated carbocycles. The molecule has 3 aromatic carbocycles. The smallest absolute Gasteiger partial charge is 0.445 e. The summed E-state index contributed by atoms with van der Waals surface area (Å²) >= 11 is 5.54. The fraction of sp³-hybridized carbons (Fsp3) is 0.344. The average molecular weight is 533 g/mol.